The maximum Gasteiger partial charge on any atom is 0.241 e. The number of amides is 1. The Labute approximate surface area is 154 Å². The number of benzene rings is 1. The van der Waals surface area contributed by atoms with Crippen molar-refractivity contribution in [2.45, 2.75) is 57.2 Å². The summed E-state index contributed by atoms with van der Waals surface area (Å²) < 4.78 is 1.77. The second-order valence-electron chi connectivity index (χ2n) is 7.69. The van der Waals surface area contributed by atoms with Crippen LogP contribution in [0.25, 0.3) is 0 Å². The minimum atomic E-state index is -0.444. The normalized spacial score (nSPS) is 20.5. The predicted molar refractivity (Wildman–Crippen MR) is 99.6 cm³/mol. The number of carbonyl (C=O) groups is 1. The highest BCUT2D eigenvalue weighted by molar-refractivity contribution is 5.88. The first-order valence-corrected chi connectivity index (χ1v) is 9.63. The lowest BCUT2D eigenvalue weighted by Crippen LogP contribution is -2.62. The second kappa shape index (κ2) is 7.19. The van der Waals surface area contributed by atoms with Crippen LogP contribution in [0.1, 0.15) is 37.3 Å². The van der Waals surface area contributed by atoms with Gasteiger partial charge in [-0.05, 0) is 44.0 Å². The van der Waals surface area contributed by atoms with Crippen molar-refractivity contribution >= 4 is 5.91 Å². The molecule has 0 spiro atoms. The number of carbonyl (C=O) groups excluding carboxylic acids is 1. The molecule has 0 radical (unpaired) electrons. The lowest BCUT2D eigenvalue weighted by molar-refractivity contribution is -0.134. The lowest BCUT2D eigenvalue weighted by Gasteiger charge is -2.42. The average molecular weight is 353 g/mol. The molecule has 1 aromatic heterocycles. The van der Waals surface area contributed by atoms with Gasteiger partial charge in [-0.1, -0.05) is 30.7 Å². The van der Waals surface area contributed by atoms with Gasteiger partial charge in [0.05, 0.1) is 6.54 Å². The summed E-state index contributed by atoms with van der Waals surface area (Å²) in [6.45, 7) is 4.69. The Hall–Kier alpha value is -2.21. The number of fused-ring (bicyclic) bond motifs is 1. The fourth-order valence-corrected chi connectivity index (χ4v) is 4.46. The Morgan fingerprint density at radius 2 is 1.88 bits per heavy atom. The average Bonchev–Trinajstić information content (AvgIpc) is 3.30. The van der Waals surface area contributed by atoms with Gasteiger partial charge in [0.25, 0.3) is 0 Å². The highest BCUT2D eigenvalue weighted by Gasteiger charge is 2.48. The zero-order valence-electron chi connectivity index (χ0n) is 15.4. The van der Waals surface area contributed by atoms with Crippen LogP contribution in [-0.4, -0.2) is 50.2 Å². The molecular formula is C20H27N5O. The minimum Gasteiger partial charge on any atom is -0.350 e. The molecule has 1 N–H and O–H groups in total. The molecule has 1 aromatic carbocycles. The van der Waals surface area contributed by atoms with Crippen LogP contribution >= 0.6 is 0 Å². The van der Waals surface area contributed by atoms with Crippen LogP contribution in [0.15, 0.2) is 36.9 Å². The summed E-state index contributed by atoms with van der Waals surface area (Å²) in [7, 11) is 0. The predicted octanol–water partition coefficient (Wildman–Crippen LogP) is 1.81. The molecule has 26 heavy (non-hydrogen) atoms. The van der Waals surface area contributed by atoms with E-state index in [2.05, 4.69) is 44.6 Å². The number of aromatic nitrogens is 3. The third kappa shape index (κ3) is 3.26. The quantitative estimate of drug-likeness (QED) is 0.890. The molecule has 2 heterocycles. The van der Waals surface area contributed by atoms with Crippen molar-refractivity contribution in [1.82, 2.24) is 25.0 Å². The van der Waals surface area contributed by atoms with Crippen LogP contribution in [0.4, 0.5) is 0 Å². The molecule has 138 valence electrons. The number of rotatable bonds is 5. The molecule has 6 heteroatoms. The largest absolute Gasteiger partial charge is 0.350 e. The zero-order chi connectivity index (χ0) is 18.0. The standard InChI is InChI=1S/C20H27N5O/c1-16(13-25-15-21-14-22-25)23-19(26)20(24-9-5-2-6-10-24)11-17-7-3-4-8-18(17)12-20/h3-4,7-8,14-16H,2,5-6,9-13H2,1H3,(H,23,26). The first kappa shape index (κ1) is 17.2. The van der Waals surface area contributed by atoms with Crippen molar-refractivity contribution in [2.24, 2.45) is 0 Å². The second-order valence-corrected chi connectivity index (χ2v) is 7.69. The summed E-state index contributed by atoms with van der Waals surface area (Å²) in [5.41, 5.74) is 2.19. The van der Waals surface area contributed by atoms with Crippen LogP contribution in [0.3, 0.4) is 0 Å². The summed E-state index contributed by atoms with van der Waals surface area (Å²) in [6.07, 6.45) is 8.46. The van der Waals surface area contributed by atoms with Gasteiger partial charge in [0, 0.05) is 18.9 Å². The van der Waals surface area contributed by atoms with Crippen LogP contribution in [0.2, 0.25) is 0 Å². The van der Waals surface area contributed by atoms with Crippen molar-refractivity contribution in [3.63, 3.8) is 0 Å². The van der Waals surface area contributed by atoms with Gasteiger partial charge in [-0.25, -0.2) is 4.98 Å². The Morgan fingerprint density at radius 3 is 2.50 bits per heavy atom. The first-order chi connectivity index (χ1) is 12.7. The molecule has 1 amide bonds. The van der Waals surface area contributed by atoms with Gasteiger partial charge in [0.1, 0.15) is 18.2 Å². The van der Waals surface area contributed by atoms with E-state index in [1.54, 1.807) is 11.0 Å². The van der Waals surface area contributed by atoms with E-state index in [4.69, 9.17) is 0 Å². The molecule has 4 rings (SSSR count). The highest BCUT2D eigenvalue weighted by Crippen LogP contribution is 2.36. The SMILES string of the molecule is CC(Cn1cncn1)NC(=O)C1(N2CCCCC2)Cc2ccccc2C1. The summed E-state index contributed by atoms with van der Waals surface area (Å²) in [5.74, 6) is 0.156. The summed E-state index contributed by atoms with van der Waals surface area (Å²) >= 11 is 0. The van der Waals surface area contributed by atoms with Crippen LogP contribution in [-0.2, 0) is 24.2 Å². The Balaban J connectivity index is 1.54. The van der Waals surface area contributed by atoms with E-state index >= 15 is 0 Å². The van der Waals surface area contributed by atoms with E-state index in [0.717, 1.165) is 25.9 Å². The number of likely N-dealkylation sites (tertiary alicyclic amines) is 1. The molecule has 1 aliphatic heterocycles. The third-order valence-electron chi connectivity index (χ3n) is 5.77. The van der Waals surface area contributed by atoms with E-state index in [1.807, 2.05) is 6.92 Å². The van der Waals surface area contributed by atoms with E-state index in [-0.39, 0.29) is 11.9 Å². The maximum atomic E-state index is 13.5. The van der Waals surface area contributed by atoms with E-state index in [0.29, 0.717) is 6.54 Å². The van der Waals surface area contributed by atoms with Gasteiger partial charge in [-0.3, -0.25) is 14.4 Å². The molecule has 2 aliphatic rings. The van der Waals surface area contributed by atoms with Gasteiger partial charge >= 0.3 is 0 Å². The molecule has 1 aliphatic carbocycles. The van der Waals surface area contributed by atoms with E-state index in [9.17, 15) is 4.79 Å². The third-order valence-corrected chi connectivity index (χ3v) is 5.77. The Morgan fingerprint density at radius 1 is 1.19 bits per heavy atom. The van der Waals surface area contributed by atoms with Crippen LogP contribution < -0.4 is 5.32 Å². The molecular weight excluding hydrogens is 326 g/mol. The van der Waals surface area contributed by atoms with Gasteiger partial charge in [-0.15, -0.1) is 0 Å². The van der Waals surface area contributed by atoms with Crippen molar-refractivity contribution in [1.29, 1.82) is 0 Å². The zero-order valence-corrected chi connectivity index (χ0v) is 15.4. The number of piperidine rings is 1. The molecule has 0 saturated carbocycles. The number of nitrogens with one attached hydrogen (secondary N) is 1. The lowest BCUT2D eigenvalue weighted by atomic mass is 9.89. The fraction of sp³-hybridized carbons (Fsp3) is 0.550. The van der Waals surface area contributed by atoms with Crippen LogP contribution in [0, 0.1) is 0 Å². The number of hydrogen-bond acceptors (Lipinski definition) is 4. The van der Waals surface area contributed by atoms with Crippen molar-refractivity contribution in [3.05, 3.63) is 48.0 Å². The van der Waals surface area contributed by atoms with E-state index in [1.165, 1.54) is 36.7 Å². The number of nitrogens with zero attached hydrogens (tertiary/aromatic N) is 4. The molecule has 1 unspecified atom stereocenters. The van der Waals surface area contributed by atoms with Gasteiger partial charge in [0.15, 0.2) is 0 Å². The first-order valence-electron chi connectivity index (χ1n) is 9.63. The monoisotopic (exact) mass is 353 g/mol. The van der Waals surface area contributed by atoms with E-state index < -0.39 is 5.54 Å². The molecule has 6 nitrogen and oxygen atoms in total. The molecule has 1 fully saturated rings. The Kier molecular flexibility index (Phi) is 4.76. The van der Waals surface area contributed by atoms with Gasteiger partial charge < -0.3 is 5.32 Å². The van der Waals surface area contributed by atoms with Gasteiger partial charge in [-0.2, -0.15) is 5.10 Å². The van der Waals surface area contributed by atoms with Crippen molar-refractivity contribution < 1.29 is 4.79 Å². The Bertz CT molecular complexity index is 726. The summed E-state index contributed by atoms with van der Waals surface area (Å²) in [4.78, 5) is 19.9. The number of hydrogen-bond donors (Lipinski definition) is 1. The smallest absolute Gasteiger partial charge is 0.241 e. The van der Waals surface area contributed by atoms with Crippen molar-refractivity contribution in [2.75, 3.05) is 13.1 Å². The summed E-state index contributed by atoms with van der Waals surface area (Å²) in [5, 5.41) is 7.41. The minimum absolute atomic E-state index is 0.00887. The molecule has 0 bridgehead atoms. The highest BCUT2D eigenvalue weighted by atomic mass is 16.2. The topological polar surface area (TPSA) is 63.1 Å². The summed E-state index contributed by atoms with van der Waals surface area (Å²) in [6, 6.07) is 8.52. The molecule has 2 aromatic rings. The maximum absolute atomic E-state index is 13.5. The van der Waals surface area contributed by atoms with Crippen molar-refractivity contribution in [3.8, 4) is 0 Å². The van der Waals surface area contributed by atoms with Crippen LogP contribution in [0.5, 0.6) is 0 Å². The molecule has 1 atom stereocenters. The molecule has 1 saturated heterocycles. The van der Waals surface area contributed by atoms with Gasteiger partial charge in [0.2, 0.25) is 5.91 Å². The fourth-order valence-electron chi connectivity index (χ4n) is 4.46.